The smallest absolute Gasteiger partial charge is 0.235 e. The second-order valence-corrected chi connectivity index (χ2v) is 9.04. The number of amides is 1. The first-order chi connectivity index (χ1) is 15.1. The number of ether oxygens (including phenoxy) is 1. The quantitative estimate of drug-likeness (QED) is 0.596. The molecule has 2 heterocycles. The fraction of sp³-hybridized carbons (Fsp3) is 0.296. The average molecular weight is 413 g/mol. The molecule has 158 valence electrons. The Balaban J connectivity index is 0.00000216. The van der Waals surface area contributed by atoms with Gasteiger partial charge in [0.25, 0.3) is 0 Å². The second kappa shape index (κ2) is 6.88. The minimum absolute atomic E-state index is 0. The van der Waals surface area contributed by atoms with Crippen molar-refractivity contribution in [3.05, 3.63) is 76.9 Å². The van der Waals surface area contributed by atoms with E-state index in [0.29, 0.717) is 0 Å². The number of carbonyl (C=O) groups is 1. The van der Waals surface area contributed by atoms with Gasteiger partial charge in [0.15, 0.2) is 0 Å². The van der Waals surface area contributed by atoms with Crippen molar-refractivity contribution in [2.24, 2.45) is 0 Å². The third kappa shape index (κ3) is 3.09. The first kappa shape index (κ1) is 18.5. The molecular weight excluding hydrogens is 384 g/mol. The van der Waals surface area contributed by atoms with Gasteiger partial charge in [0.2, 0.25) is 5.91 Å². The van der Waals surface area contributed by atoms with E-state index in [4.69, 9.17) is 4.74 Å². The molecule has 1 aliphatic carbocycles. The second-order valence-electron chi connectivity index (χ2n) is 9.04. The Kier molecular flexibility index (Phi) is 4.10. The monoisotopic (exact) mass is 412 g/mol. The molecule has 2 aliphatic heterocycles. The fourth-order valence-electron chi connectivity index (χ4n) is 4.99. The van der Waals surface area contributed by atoms with Crippen LogP contribution >= 0.6 is 0 Å². The summed E-state index contributed by atoms with van der Waals surface area (Å²) >= 11 is 0. The van der Waals surface area contributed by atoms with Gasteiger partial charge in [0.05, 0.1) is 12.0 Å². The van der Waals surface area contributed by atoms with E-state index >= 15 is 0 Å². The zero-order valence-corrected chi connectivity index (χ0v) is 17.8. The van der Waals surface area contributed by atoms with Gasteiger partial charge in [-0.05, 0) is 89.9 Å². The van der Waals surface area contributed by atoms with Gasteiger partial charge in [-0.2, -0.15) is 0 Å². The van der Waals surface area contributed by atoms with Crippen molar-refractivity contribution in [3.63, 3.8) is 0 Å². The van der Waals surface area contributed by atoms with Crippen LogP contribution in [0, 0.1) is 6.92 Å². The third-order valence-corrected chi connectivity index (χ3v) is 7.05. The highest BCUT2D eigenvalue weighted by Gasteiger charge is 2.51. The molecule has 31 heavy (non-hydrogen) atoms. The van der Waals surface area contributed by atoms with Crippen LogP contribution in [0.5, 0.6) is 5.75 Å². The van der Waals surface area contributed by atoms with Gasteiger partial charge in [-0.3, -0.25) is 4.79 Å². The predicted octanol–water partition coefficient (Wildman–Crippen LogP) is 5.48. The molecule has 4 nitrogen and oxygen atoms in total. The van der Waals surface area contributed by atoms with E-state index in [1.165, 1.54) is 33.5 Å². The number of aryl methyl sites for hydroxylation is 1. The van der Waals surface area contributed by atoms with Crippen LogP contribution in [0.25, 0.3) is 11.1 Å². The standard InChI is InChI=1S/C27H26N2O2.H2/c1-17-2-5-22(16-23(17)18-3-6-24-19(14-18)8-12-28-24)29-26(30)27(10-11-27)21-4-7-25-20(15-21)9-13-31-25;/h2-7,14-16,28H,8-13H2,1H3,(H,29,30);1H. The Hall–Kier alpha value is -3.27. The molecular formula is C27H28N2O2. The van der Waals surface area contributed by atoms with Crippen LogP contribution in [0.15, 0.2) is 54.6 Å². The van der Waals surface area contributed by atoms with Gasteiger partial charge in [-0.25, -0.2) is 0 Å². The zero-order valence-electron chi connectivity index (χ0n) is 17.8. The number of hydrogen-bond donors (Lipinski definition) is 2. The molecule has 0 aromatic heterocycles. The summed E-state index contributed by atoms with van der Waals surface area (Å²) in [5, 5.41) is 6.64. The number of fused-ring (bicyclic) bond motifs is 2. The van der Waals surface area contributed by atoms with Gasteiger partial charge < -0.3 is 15.4 Å². The summed E-state index contributed by atoms with van der Waals surface area (Å²) in [4.78, 5) is 13.3. The highest BCUT2D eigenvalue weighted by atomic mass is 16.5. The van der Waals surface area contributed by atoms with Gasteiger partial charge in [0.1, 0.15) is 5.75 Å². The Morgan fingerprint density at radius 2 is 1.94 bits per heavy atom. The molecule has 0 bridgehead atoms. The van der Waals surface area contributed by atoms with Crippen LogP contribution < -0.4 is 15.4 Å². The van der Waals surface area contributed by atoms with E-state index in [1.807, 2.05) is 12.1 Å². The Morgan fingerprint density at radius 3 is 2.81 bits per heavy atom. The first-order valence-corrected chi connectivity index (χ1v) is 11.2. The van der Waals surface area contributed by atoms with Crippen LogP contribution in [0.3, 0.4) is 0 Å². The molecule has 3 aliphatic rings. The minimum Gasteiger partial charge on any atom is -0.493 e. The topological polar surface area (TPSA) is 50.4 Å². The number of anilines is 2. The molecule has 0 radical (unpaired) electrons. The summed E-state index contributed by atoms with van der Waals surface area (Å²) in [5.74, 6) is 1.06. The summed E-state index contributed by atoms with van der Waals surface area (Å²) < 4.78 is 5.63. The van der Waals surface area contributed by atoms with Crippen LogP contribution in [-0.4, -0.2) is 19.1 Å². The van der Waals surface area contributed by atoms with Crippen molar-refractivity contribution in [1.29, 1.82) is 0 Å². The van der Waals surface area contributed by atoms with Crippen molar-refractivity contribution >= 4 is 17.3 Å². The van der Waals surface area contributed by atoms with Crippen molar-refractivity contribution < 1.29 is 11.0 Å². The summed E-state index contributed by atoms with van der Waals surface area (Å²) in [6.45, 7) is 3.87. The molecule has 4 heteroatoms. The van der Waals surface area contributed by atoms with Crippen LogP contribution in [0.2, 0.25) is 0 Å². The van der Waals surface area contributed by atoms with E-state index in [1.54, 1.807) is 0 Å². The molecule has 2 N–H and O–H groups in total. The summed E-state index contributed by atoms with van der Waals surface area (Å²) in [6.07, 6.45) is 3.79. The molecule has 3 aromatic carbocycles. The van der Waals surface area contributed by atoms with Crippen LogP contribution in [0.4, 0.5) is 11.4 Å². The van der Waals surface area contributed by atoms with Gasteiger partial charge in [0, 0.05) is 25.8 Å². The largest absolute Gasteiger partial charge is 0.493 e. The lowest BCUT2D eigenvalue weighted by Gasteiger charge is -2.18. The summed E-state index contributed by atoms with van der Waals surface area (Å²) in [7, 11) is 0. The van der Waals surface area contributed by atoms with Crippen molar-refractivity contribution in [1.82, 2.24) is 0 Å². The SMILES string of the molecule is Cc1ccc(NC(=O)C2(c3ccc4c(c3)CCO4)CC2)cc1-c1ccc2c(c1)CCN2.[HH]. The molecule has 1 saturated carbocycles. The maximum atomic E-state index is 13.3. The normalized spacial score (nSPS) is 17.3. The van der Waals surface area contributed by atoms with Crippen LogP contribution in [-0.2, 0) is 23.1 Å². The molecule has 0 atom stereocenters. The third-order valence-electron chi connectivity index (χ3n) is 7.05. The Morgan fingerprint density at radius 1 is 1.03 bits per heavy atom. The maximum Gasteiger partial charge on any atom is 0.235 e. The molecule has 3 aromatic rings. The molecule has 0 spiro atoms. The van der Waals surface area contributed by atoms with Crippen LogP contribution in [0.1, 0.15) is 36.5 Å². The van der Waals surface area contributed by atoms with Gasteiger partial charge in [-0.1, -0.05) is 24.3 Å². The Bertz CT molecular complexity index is 1220. The molecule has 0 unspecified atom stereocenters. The molecule has 0 saturated heterocycles. The fourth-order valence-corrected chi connectivity index (χ4v) is 4.99. The number of benzene rings is 3. The molecule has 1 fully saturated rings. The van der Waals surface area contributed by atoms with Crippen molar-refractivity contribution in [2.75, 3.05) is 23.8 Å². The maximum absolute atomic E-state index is 13.3. The Labute approximate surface area is 184 Å². The van der Waals surface area contributed by atoms with Crippen molar-refractivity contribution in [2.45, 2.75) is 38.0 Å². The minimum atomic E-state index is -0.401. The number of hydrogen-bond acceptors (Lipinski definition) is 3. The lowest BCUT2D eigenvalue weighted by molar-refractivity contribution is -0.118. The van der Waals surface area contributed by atoms with Gasteiger partial charge >= 0.3 is 0 Å². The van der Waals surface area contributed by atoms with E-state index in [-0.39, 0.29) is 7.33 Å². The zero-order chi connectivity index (χ0) is 21.0. The number of carbonyl (C=O) groups excluding carboxylic acids is 1. The van der Waals surface area contributed by atoms with Crippen molar-refractivity contribution in [3.8, 4) is 16.9 Å². The predicted molar refractivity (Wildman–Crippen MR) is 126 cm³/mol. The highest BCUT2D eigenvalue weighted by Crippen LogP contribution is 2.50. The van der Waals surface area contributed by atoms with E-state index in [2.05, 4.69) is 60.0 Å². The molecule has 6 rings (SSSR count). The average Bonchev–Trinajstić information content (AvgIpc) is 3.24. The lowest BCUT2D eigenvalue weighted by atomic mass is 9.92. The lowest BCUT2D eigenvalue weighted by Crippen LogP contribution is -2.27. The first-order valence-electron chi connectivity index (χ1n) is 11.2. The summed E-state index contributed by atoms with van der Waals surface area (Å²) in [5.41, 5.74) is 8.99. The van der Waals surface area contributed by atoms with Gasteiger partial charge in [-0.15, -0.1) is 0 Å². The van der Waals surface area contributed by atoms with E-state index in [9.17, 15) is 4.79 Å². The molecule has 1 amide bonds. The number of rotatable bonds is 4. The highest BCUT2D eigenvalue weighted by molar-refractivity contribution is 6.02. The van der Waals surface area contributed by atoms with E-state index in [0.717, 1.165) is 55.8 Å². The van der Waals surface area contributed by atoms with E-state index < -0.39 is 5.41 Å². The summed E-state index contributed by atoms with van der Waals surface area (Å²) in [6, 6.07) is 19.1. The number of nitrogens with one attached hydrogen (secondary N) is 2.